The molecular formula is C21H27N4OS+. The third-order valence-electron chi connectivity index (χ3n) is 5.59. The highest BCUT2D eigenvalue weighted by Gasteiger charge is 2.37. The maximum atomic E-state index is 9.17. The molecule has 0 fully saturated rings. The summed E-state index contributed by atoms with van der Waals surface area (Å²) in [5.41, 5.74) is 2.62. The van der Waals surface area contributed by atoms with Crippen molar-refractivity contribution in [2.75, 3.05) is 25.5 Å². The Bertz CT molecular complexity index is 952. The van der Waals surface area contributed by atoms with E-state index in [0.717, 1.165) is 35.0 Å². The zero-order valence-corrected chi connectivity index (χ0v) is 17.0. The second-order valence-corrected chi connectivity index (χ2v) is 9.05. The van der Waals surface area contributed by atoms with E-state index in [-0.39, 0.29) is 12.1 Å². The standard InChI is InChI=1S/C21H26N4OS/c1-21(2)12-15-16(13-25(21)3)27-20-17(15)19(22-10-7-11-26)23-18(24-20)14-8-5-4-6-9-14/h4-6,8-9,26H,7,10-13H2,1-3H3,(H,22,23,24)/p+1. The van der Waals surface area contributed by atoms with Gasteiger partial charge >= 0.3 is 0 Å². The van der Waals surface area contributed by atoms with E-state index in [9.17, 15) is 0 Å². The molecule has 0 aliphatic carbocycles. The summed E-state index contributed by atoms with van der Waals surface area (Å²) in [4.78, 5) is 13.8. The van der Waals surface area contributed by atoms with Gasteiger partial charge in [-0.2, -0.15) is 0 Å². The second-order valence-electron chi connectivity index (χ2n) is 7.97. The quantitative estimate of drug-likeness (QED) is 0.593. The van der Waals surface area contributed by atoms with Crippen LogP contribution in [0.5, 0.6) is 0 Å². The van der Waals surface area contributed by atoms with E-state index < -0.39 is 0 Å². The lowest BCUT2D eigenvalue weighted by molar-refractivity contribution is -0.945. The van der Waals surface area contributed by atoms with Gasteiger partial charge in [-0.05, 0) is 25.8 Å². The summed E-state index contributed by atoms with van der Waals surface area (Å²) in [5, 5.41) is 13.8. The summed E-state index contributed by atoms with van der Waals surface area (Å²) in [6.07, 6.45) is 1.73. The van der Waals surface area contributed by atoms with Crippen LogP contribution in [0.25, 0.3) is 21.6 Å². The predicted molar refractivity (Wildman–Crippen MR) is 111 cm³/mol. The van der Waals surface area contributed by atoms with Crippen LogP contribution in [0.2, 0.25) is 0 Å². The first kappa shape index (κ1) is 18.3. The first-order chi connectivity index (χ1) is 13.0. The van der Waals surface area contributed by atoms with Crippen LogP contribution in [0.4, 0.5) is 5.82 Å². The van der Waals surface area contributed by atoms with Crippen LogP contribution in [0, 0.1) is 0 Å². The SMILES string of the molecule is C[NH+]1Cc2sc3nc(-c4ccccc4)nc(NCCCO)c3c2CC1(C)C. The molecule has 3 heterocycles. The third kappa shape index (κ3) is 3.45. The Morgan fingerprint density at radius 1 is 1.22 bits per heavy atom. The van der Waals surface area contributed by atoms with Crippen LogP contribution >= 0.6 is 11.3 Å². The normalized spacial score (nSPS) is 18.4. The van der Waals surface area contributed by atoms with E-state index in [1.54, 1.807) is 11.3 Å². The first-order valence-electron chi connectivity index (χ1n) is 9.55. The summed E-state index contributed by atoms with van der Waals surface area (Å²) in [7, 11) is 2.27. The third-order valence-corrected chi connectivity index (χ3v) is 6.72. The molecular weight excluding hydrogens is 356 g/mol. The van der Waals surface area contributed by atoms with Gasteiger partial charge in [0.25, 0.3) is 0 Å². The molecule has 27 heavy (non-hydrogen) atoms. The molecule has 0 radical (unpaired) electrons. The zero-order valence-electron chi connectivity index (χ0n) is 16.2. The molecule has 1 aliphatic rings. The van der Waals surface area contributed by atoms with Gasteiger partial charge in [-0.1, -0.05) is 30.3 Å². The maximum absolute atomic E-state index is 9.17. The molecule has 0 spiro atoms. The summed E-state index contributed by atoms with van der Waals surface area (Å²) in [5.74, 6) is 1.66. The molecule has 5 nitrogen and oxygen atoms in total. The van der Waals surface area contributed by atoms with Gasteiger partial charge in [-0.3, -0.25) is 0 Å². The molecule has 0 bridgehead atoms. The van der Waals surface area contributed by atoms with Gasteiger partial charge in [0.05, 0.1) is 22.8 Å². The number of rotatable bonds is 5. The van der Waals surface area contributed by atoms with Crippen LogP contribution in [0.1, 0.15) is 30.7 Å². The van der Waals surface area contributed by atoms with Gasteiger partial charge in [0.1, 0.15) is 17.2 Å². The summed E-state index contributed by atoms with van der Waals surface area (Å²) < 4.78 is 0. The van der Waals surface area contributed by atoms with E-state index in [2.05, 4.69) is 26.2 Å². The Balaban J connectivity index is 1.86. The molecule has 2 aromatic heterocycles. The van der Waals surface area contributed by atoms with Gasteiger partial charge in [0.15, 0.2) is 5.82 Å². The Morgan fingerprint density at radius 3 is 2.74 bits per heavy atom. The molecule has 3 N–H and O–H groups in total. The van der Waals surface area contributed by atoms with Crippen molar-refractivity contribution in [3.05, 3.63) is 40.8 Å². The van der Waals surface area contributed by atoms with E-state index in [1.165, 1.54) is 20.7 Å². The van der Waals surface area contributed by atoms with Crippen LogP contribution in [0.15, 0.2) is 30.3 Å². The smallest absolute Gasteiger partial charge is 0.163 e. The van der Waals surface area contributed by atoms with Crippen molar-refractivity contribution >= 4 is 27.4 Å². The fourth-order valence-corrected chi connectivity index (χ4v) is 4.91. The molecule has 0 saturated carbocycles. The highest BCUT2D eigenvalue weighted by molar-refractivity contribution is 7.19. The fraction of sp³-hybridized carbons (Fsp3) is 0.429. The predicted octanol–water partition coefficient (Wildman–Crippen LogP) is 2.50. The van der Waals surface area contributed by atoms with Crippen LogP contribution in [-0.2, 0) is 13.0 Å². The van der Waals surface area contributed by atoms with E-state index in [0.29, 0.717) is 13.0 Å². The van der Waals surface area contributed by atoms with Crippen molar-refractivity contribution in [1.29, 1.82) is 0 Å². The van der Waals surface area contributed by atoms with Crippen LogP contribution < -0.4 is 10.2 Å². The van der Waals surface area contributed by atoms with Crippen LogP contribution in [-0.4, -0.2) is 40.8 Å². The van der Waals surface area contributed by atoms with E-state index >= 15 is 0 Å². The van der Waals surface area contributed by atoms with E-state index in [1.807, 2.05) is 30.3 Å². The summed E-state index contributed by atoms with van der Waals surface area (Å²) in [6, 6.07) is 10.1. The monoisotopic (exact) mass is 383 g/mol. The zero-order chi connectivity index (χ0) is 19.0. The van der Waals surface area contributed by atoms with Crippen molar-refractivity contribution in [2.45, 2.75) is 38.8 Å². The first-order valence-corrected chi connectivity index (χ1v) is 10.4. The number of aromatic nitrogens is 2. The summed E-state index contributed by atoms with van der Waals surface area (Å²) in [6.45, 7) is 6.56. The molecule has 1 unspecified atom stereocenters. The van der Waals surface area contributed by atoms with Crippen molar-refractivity contribution < 1.29 is 10.0 Å². The minimum Gasteiger partial charge on any atom is -0.396 e. The summed E-state index contributed by atoms with van der Waals surface area (Å²) >= 11 is 1.81. The van der Waals surface area contributed by atoms with Gasteiger partial charge in [-0.25, -0.2) is 9.97 Å². The van der Waals surface area contributed by atoms with Crippen molar-refractivity contribution in [3.63, 3.8) is 0 Å². The number of aliphatic hydroxyl groups is 1. The molecule has 0 amide bonds. The Labute approximate surface area is 164 Å². The second kappa shape index (κ2) is 7.19. The number of benzene rings is 1. The highest BCUT2D eigenvalue weighted by Crippen LogP contribution is 2.38. The van der Waals surface area contributed by atoms with Gasteiger partial charge < -0.3 is 15.3 Å². The number of nitrogens with one attached hydrogen (secondary N) is 2. The lowest BCUT2D eigenvalue weighted by Crippen LogP contribution is -3.16. The number of quaternary nitrogens is 1. The number of nitrogens with zero attached hydrogens (tertiary/aromatic N) is 2. The van der Waals surface area contributed by atoms with Crippen molar-refractivity contribution in [1.82, 2.24) is 9.97 Å². The Kier molecular flexibility index (Phi) is 4.88. The van der Waals surface area contributed by atoms with Gasteiger partial charge in [0.2, 0.25) is 0 Å². The lowest BCUT2D eigenvalue weighted by atomic mass is 9.88. The molecule has 4 rings (SSSR count). The molecule has 0 saturated heterocycles. The van der Waals surface area contributed by atoms with Crippen LogP contribution in [0.3, 0.4) is 0 Å². The molecule has 142 valence electrons. The largest absolute Gasteiger partial charge is 0.396 e. The maximum Gasteiger partial charge on any atom is 0.163 e. The lowest BCUT2D eigenvalue weighted by Gasteiger charge is -2.36. The number of anilines is 1. The van der Waals surface area contributed by atoms with Gasteiger partial charge in [0, 0.05) is 25.1 Å². The number of likely N-dealkylation sites (N-methyl/N-ethyl adjacent to an activating group) is 1. The Morgan fingerprint density at radius 2 is 2.00 bits per heavy atom. The minimum atomic E-state index is 0.176. The van der Waals surface area contributed by atoms with Gasteiger partial charge in [-0.15, -0.1) is 11.3 Å². The van der Waals surface area contributed by atoms with Crippen molar-refractivity contribution in [3.8, 4) is 11.4 Å². The van der Waals surface area contributed by atoms with Crippen molar-refractivity contribution in [2.24, 2.45) is 0 Å². The minimum absolute atomic E-state index is 0.176. The fourth-order valence-electron chi connectivity index (χ4n) is 3.64. The number of hydrogen-bond acceptors (Lipinski definition) is 5. The molecule has 3 aromatic rings. The average molecular weight is 384 g/mol. The Hall–Kier alpha value is -2.02. The number of thiophene rings is 1. The molecule has 1 aliphatic heterocycles. The topological polar surface area (TPSA) is 62.5 Å². The van der Waals surface area contributed by atoms with E-state index in [4.69, 9.17) is 15.1 Å². The molecule has 6 heteroatoms. The molecule has 1 aromatic carbocycles. The average Bonchev–Trinajstić information content (AvgIpc) is 2.99. The number of aliphatic hydroxyl groups excluding tert-OH is 1. The number of hydrogen-bond donors (Lipinski definition) is 3. The number of fused-ring (bicyclic) bond motifs is 3. The molecule has 1 atom stereocenters. The highest BCUT2D eigenvalue weighted by atomic mass is 32.1.